The first-order valence-corrected chi connectivity index (χ1v) is 8.56. The van der Waals surface area contributed by atoms with Gasteiger partial charge in [-0.3, -0.25) is 9.59 Å². The van der Waals surface area contributed by atoms with Crippen LogP contribution in [0, 0.1) is 0 Å². The number of carbonyl (C=O) groups is 2. The third kappa shape index (κ3) is 5.65. The Morgan fingerprint density at radius 2 is 1.83 bits per heavy atom. The molecular formula is C18H17BrClNO3. The van der Waals surface area contributed by atoms with Crippen molar-refractivity contribution in [3.05, 3.63) is 69.2 Å². The van der Waals surface area contributed by atoms with Crippen LogP contribution in [0.4, 0.5) is 0 Å². The summed E-state index contributed by atoms with van der Waals surface area (Å²) in [5.74, 6) is -0.815. The number of ether oxygens (including phenoxy) is 1. The van der Waals surface area contributed by atoms with Crippen LogP contribution in [0.5, 0.6) is 0 Å². The molecule has 0 unspecified atom stereocenters. The molecule has 24 heavy (non-hydrogen) atoms. The summed E-state index contributed by atoms with van der Waals surface area (Å²) in [5.41, 5.74) is 1.64. The van der Waals surface area contributed by atoms with Crippen LogP contribution in [0.25, 0.3) is 0 Å². The number of nitrogens with one attached hydrogen (secondary N) is 1. The number of amides is 1. The van der Waals surface area contributed by atoms with Crippen molar-refractivity contribution in [3.63, 3.8) is 0 Å². The van der Waals surface area contributed by atoms with Crippen LogP contribution in [-0.4, -0.2) is 18.5 Å². The van der Waals surface area contributed by atoms with Gasteiger partial charge in [-0.15, -0.1) is 0 Å². The van der Waals surface area contributed by atoms with E-state index in [1.807, 2.05) is 49.4 Å². The van der Waals surface area contributed by atoms with E-state index in [0.717, 1.165) is 15.6 Å². The van der Waals surface area contributed by atoms with Crippen molar-refractivity contribution < 1.29 is 14.3 Å². The monoisotopic (exact) mass is 409 g/mol. The van der Waals surface area contributed by atoms with E-state index in [1.165, 1.54) is 0 Å². The zero-order chi connectivity index (χ0) is 17.5. The van der Waals surface area contributed by atoms with Gasteiger partial charge in [0.05, 0.1) is 12.5 Å². The van der Waals surface area contributed by atoms with Gasteiger partial charge >= 0.3 is 5.97 Å². The zero-order valence-electron chi connectivity index (χ0n) is 13.1. The van der Waals surface area contributed by atoms with Crippen molar-refractivity contribution in [2.24, 2.45) is 0 Å². The smallest absolute Gasteiger partial charge is 0.310 e. The molecule has 1 amide bonds. The average molecular weight is 411 g/mol. The second-order valence-corrected chi connectivity index (χ2v) is 6.60. The summed E-state index contributed by atoms with van der Waals surface area (Å²) in [6.07, 6.45) is 0.126. The minimum Gasteiger partial charge on any atom is -0.455 e. The predicted octanol–water partition coefficient (Wildman–Crippen LogP) is 4.07. The van der Waals surface area contributed by atoms with Gasteiger partial charge in [0.25, 0.3) is 5.91 Å². The van der Waals surface area contributed by atoms with E-state index in [4.69, 9.17) is 16.3 Å². The maximum atomic E-state index is 11.9. The average Bonchev–Trinajstić information content (AvgIpc) is 2.55. The molecule has 2 rings (SSSR count). The second-order valence-electron chi connectivity index (χ2n) is 5.27. The maximum Gasteiger partial charge on any atom is 0.310 e. The highest BCUT2D eigenvalue weighted by Gasteiger charge is 2.14. The molecule has 6 heteroatoms. The number of carbonyl (C=O) groups excluding carboxylic acids is 2. The van der Waals surface area contributed by atoms with Gasteiger partial charge in [-0.05, 0) is 36.2 Å². The lowest BCUT2D eigenvalue weighted by atomic mass is 10.1. The largest absolute Gasteiger partial charge is 0.455 e. The minimum atomic E-state index is -0.446. The van der Waals surface area contributed by atoms with Gasteiger partial charge < -0.3 is 10.1 Å². The molecule has 4 nitrogen and oxygen atoms in total. The molecule has 1 atom stereocenters. The summed E-state index contributed by atoms with van der Waals surface area (Å²) in [7, 11) is 0. The van der Waals surface area contributed by atoms with Crippen molar-refractivity contribution in [2.75, 3.05) is 6.61 Å². The van der Waals surface area contributed by atoms with Crippen LogP contribution in [0.3, 0.4) is 0 Å². The quantitative estimate of drug-likeness (QED) is 0.731. The fraction of sp³-hybridized carbons (Fsp3) is 0.222. The Balaban J connectivity index is 1.79. The molecule has 0 radical (unpaired) electrons. The molecule has 0 saturated heterocycles. The van der Waals surface area contributed by atoms with Gasteiger partial charge in [-0.25, -0.2) is 0 Å². The van der Waals surface area contributed by atoms with Crippen molar-refractivity contribution in [1.29, 1.82) is 0 Å². The lowest BCUT2D eigenvalue weighted by Gasteiger charge is -2.15. The van der Waals surface area contributed by atoms with E-state index < -0.39 is 5.97 Å². The second kappa shape index (κ2) is 8.85. The number of hydrogen-bond donors (Lipinski definition) is 1. The van der Waals surface area contributed by atoms with Gasteiger partial charge in [-0.1, -0.05) is 57.9 Å². The fourth-order valence-electron chi connectivity index (χ4n) is 2.15. The summed E-state index contributed by atoms with van der Waals surface area (Å²) in [6.45, 7) is 1.51. The SMILES string of the molecule is C[C@@H](NC(=O)COC(=O)Cc1ccc(Br)cc1)c1ccccc1Cl. The Labute approximate surface area is 154 Å². The predicted molar refractivity (Wildman–Crippen MR) is 96.8 cm³/mol. The summed E-state index contributed by atoms with van der Waals surface area (Å²) in [4.78, 5) is 23.7. The Morgan fingerprint density at radius 3 is 2.50 bits per heavy atom. The first-order valence-electron chi connectivity index (χ1n) is 7.39. The van der Waals surface area contributed by atoms with Crippen molar-refractivity contribution in [3.8, 4) is 0 Å². The van der Waals surface area contributed by atoms with E-state index in [2.05, 4.69) is 21.2 Å². The van der Waals surface area contributed by atoms with Crippen molar-refractivity contribution in [2.45, 2.75) is 19.4 Å². The molecule has 0 bridgehead atoms. The molecule has 0 heterocycles. The van der Waals surface area contributed by atoms with Crippen LogP contribution < -0.4 is 5.32 Å². The molecule has 0 fully saturated rings. The topological polar surface area (TPSA) is 55.4 Å². The number of rotatable bonds is 6. The molecule has 0 saturated carbocycles. The number of benzene rings is 2. The molecule has 0 aliphatic rings. The Morgan fingerprint density at radius 1 is 1.17 bits per heavy atom. The third-order valence-corrected chi connectivity index (χ3v) is 4.25. The number of hydrogen-bond acceptors (Lipinski definition) is 3. The normalized spacial score (nSPS) is 11.6. The van der Waals surface area contributed by atoms with E-state index in [1.54, 1.807) is 6.07 Å². The van der Waals surface area contributed by atoms with Crippen LogP contribution >= 0.6 is 27.5 Å². The van der Waals surface area contributed by atoms with Crippen LogP contribution in [0.1, 0.15) is 24.1 Å². The lowest BCUT2D eigenvalue weighted by molar-refractivity contribution is -0.148. The number of esters is 1. The lowest BCUT2D eigenvalue weighted by Crippen LogP contribution is -2.31. The Hall–Kier alpha value is -1.85. The zero-order valence-corrected chi connectivity index (χ0v) is 15.4. The molecule has 0 aromatic heterocycles. The molecule has 1 N–H and O–H groups in total. The summed E-state index contributed by atoms with van der Waals surface area (Å²) >= 11 is 9.42. The Bertz CT molecular complexity index is 718. The molecule has 126 valence electrons. The summed E-state index contributed by atoms with van der Waals surface area (Å²) < 4.78 is 5.95. The number of halogens is 2. The standard InChI is InChI=1S/C18H17BrClNO3/c1-12(15-4-2-3-5-16(15)20)21-17(22)11-24-18(23)10-13-6-8-14(19)9-7-13/h2-9,12H,10-11H2,1H3,(H,21,22)/t12-/m1/s1. The highest BCUT2D eigenvalue weighted by Crippen LogP contribution is 2.21. The van der Waals surface area contributed by atoms with Crippen LogP contribution in [-0.2, 0) is 20.7 Å². The summed E-state index contributed by atoms with van der Waals surface area (Å²) in [6, 6.07) is 14.4. The van der Waals surface area contributed by atoms with Crippen molar-refractivity contribution >= 4 is 39.4 Å². The molecule has 2 aromatic rings. The molecule has 0 aliphatic carbocycles. The van der Waals surface area contributed by atoms with E-state index in [-0.39, 0.29) is 25.0 Å². The van der Waals surface area contributed by atoms with E-state index in [0.29, 0.717) is 5.02 Å². The summed E-state index contributed by atoms with van der Waals surface area (Å²) in [5, 5.41) is 3.34. The van der Waals surface area contributed by atoms with Crippen molar-refractivity contribution in [1.82, 2.24) is 5.32 Å². The maximum absolute atomic E-state index is 11.9. The highest BCUT2D eigenvalue weighted by atomic mass is 79.9. The molecule has 2 aromatic carbocycles. The third-order valence-electron chi connectivity index (χ3n) is 3.38. The van der Waals surface area contributed by atoms with Gasteiger partial charge in [0.2, 0.25) is 0 Å². The van der Waals surface area contributed by atoms with Crippen LogP contribution in [0.2, 0.25) is 5.02 Å². The van der Waals surface area contributed by atoms with Crippen LogP contribution in [0.15, 0.2) is 53.0 Å². The molecule has 0 aliphatic heterocycles. The molecular weight excluding hydrogens is 394 g/mol. The van der Waals surface area contributed by atoms with Gasteiger partial charge in [0.1, 0.15) is 0 Å². The Kier molecular flexibility index (Phi) is 6.82. The highest BCUT2D eigenvalue weighted by molar-refractivity contribution is 9.10. The molecule has 0 spiro atoms. The van der Waals surface area contributed by atoms with Gasteiger partial charge in [-0.2, -0.15) is 0 Å². The van der Waals surface area contributed by atoms with Gasteiger partial charge in [0, 0.05) is 9.50 Å². The first kappa shape index (κ1) is 18.5. The van der Waals surface area contributed by atoms with E-state index in [9.17, 15) is 9.59 Å². The first-order chi connectivity index (χ1) is 11.5. The minimum absolute atomic E-state index is 0.126. The fourth-order valence-corrected chi connectivity index (χ4v) is 2.72. The van der Waals surface area contributed by atoms with E-state index >= 15 is 0 Å². The van der Waals surface area contributed by atoms with Gasteiger partial charge in [0.15, 0.2) is 6.61 Å².